The average Bonchev–Trinajstić information content (AvgIpc) is 2.33. The molecule has 0 spiro atoms. The molecular formula is C12H14N4. The smallest absolute Gasteiger partial charge is 0.138 e. The quantitative estimate of drug-likeness (QED) is 0.824. The predicted molar refractivity (Wildman–Crippen MR) is 66.0 cm³/mol. The Labute approximate surface area is 94.8 Å². The van der Waals surface area contributed by atoms with Gasteiger partial charge in [0.2, 0.25) is 0 Å². The molecule has 0 fully saturated rings. The zero-order valence-corrected chi connectivity index (χ0v) is 9.36. The van der Waals surface area contributed by atoms with Crippen molar-refractivity contribution >= 4 is 17.3 Å². The standard InChI is InChI=1S/C12H14N4/c1-9-11(13-2)14-8-15-12(9)16-10-6-4-3-5-7-10/h3-8H,1-2H3,(H2,13,14,15,16). The van der Waals surface area contributed by atoms with Gasteiger partial charge in [0.1, 0.15) is 18.0 Å². The molecule has 4 nitrogen and oxygen atoms in total. The Hall–Kier alpha value is -2.10. The molecule has 0 bridgehead atoms. The summed E-state index contributed by atoms with van der Waals surface area (Å²) in [6.07, 6.45) is 1.55. The SMILES string of the molecule is CNc1ncnc(Nc2ccccc2)c1C. The summed E-state index contributed by atoms with van der Waals surface area (Å²) in [4.78, 5) is 8.36. The van der Waals surface area contributed by atoms with Crippen LogP contribution in [-0.2, 0) is 0 Å². The fourth-order valence-corrected chi connectivity index (χ4v) is 1.49. The molecule has 0 aliphatic heterocycles. The second kappa shape index (κ2) is 4.61. The molecule has 0 unspecified atom stereocenters. The number of nitrogens with zero attached hydrogens (tertiary/aromatic N) is 2. The fourth-order valence-electron chi connectivity index (χ4n) is 1.49. The van der Waals surface area contributed by atoms with Crippen molar-refractivity contribution in [3.05, 3.63) is 42.2 Å². The van der Waals surface area contributed by atoms with E-state index in [2.05, 4.69) is 20.6 Å². The van der Waals surface area contributed by atoms with Gasteiger partial charge in [0.25, 0.3) is 0 Å². The molecule has 0 radical (unpaired) electrons. The van der Waals surface area contributed by atoms with Gasteiger partial charge in [-0.2, -0.15) is 0 Å². The van der Waals surface area contributed by atoms with Crippen molar-refractivity contribution in [1.82, 2.24) is 9.97 Å². The number of hydrogen-bond acceptors (Lipinski definition) is 4. The average molecular weight is 214 g/mol. The molecule has 0 saturated heterocycles. The highest BCUT2D eigenvalue weighted by atomic mass is 15.1. The Kier molecular flexibility index (Phi) is 3.00. The van der Waals surface area contributed by atoms with E-state index in [0.717, 1.165) is 22.9 Å². The molecule has 0 amide bonds. The van der Waals surface area contributed by atoms with Crippen LogP contribution in [0.4, 0.5) is 17.3 Å². The normalized spacial score (nSPS) is 9.88. The highest BCUT2D eigenvalue weighted by Gasteiger charge is 2.04. The molecule has 0 atom stereocenters. The Morgan fingerprint density at radius 3 is 2.38 bits per heavy atom. The Bertz CT molecular complexity index is 468. The molecule has 1 heterocycles. The van der Waals surface area contributed by atoms with E-state index in [1.165, 1.54) is 0 Å². The van der Waals surface area contributed by atoms with E-state index in [1.54, 1.807) is 6.33 Å². The number of para-hydroxylation sites is 1. The highest BCUT2D eigenvalue weighted by molar-refractivity contribution is 5.63. The van der Waals surface area contributed by atoms with Crippen molar-refractivity contribution in [2.24, 2.45) is 0 Å². The maximum absolute atomic E-state index is 4.22. The third kappa shape index (κ3) is 2.11. The van der Waals surface area contributed by atoms with Crippen LogP contribution in [0.2, 0.25) is 0 Å². The summed E-state index contributed by atoms with van der Waals surface area (Å²) < 4.78 is 0. The predicted octanol–water partition coefficient (Wildman–Crippen LogP) is 2.57. The summed E-state index contributed by atoms with van der Waals surface area (Å²) in [5.41, 5.74) is 2.03. The van der Waals surface area contributed by atoms with E-state index < -0.39 is 0 Å². The van der Waals surface area contributed by atoms with Crippen molar-refractivity contribution in [2.45, 2.75) is 6.92 Å². The molecule has 2 rings (SSSR count). The van der Waals surface area contributed by atoms with Gasteiger partial charge >= 0.3 is 0 Å². The lowest BCUT2D eigenvalue weighted by atomic mass is 10.3. The summed E-state index contributed by atoms with van der Waals surface area (Å²) in [6.45, 7) is 1.98. The summed E-state index contributed by atoms with van der Waals surface area (Å²) in [5.74, 6) is 1.67. The van der Waals surface area contributed by atoms with Gasteiger partial charge in [-0.05, 0) is 19.1 Å². The first kappa shape index (κ1) is 10.4. The molecule has 1 aromatic heterocycles. The minimum absolute atomic E-state index is 0.825. The van der Waals surface area contributed by atoms with Crippen LogP contribution in [0, 0.1) is 6.92 Å². The second-order valence-corrected chi connectivity index (χ2v) is 3.44. The first-order valence-corrected chi connectivity index (χ1v) is 5.12. The molecule has 0 aliphatic rings. The van der Waals surface area contributed by atoms with Crippen LogP contribution >= 0.6 is 0 Å². The van der Waals surface area contributed by atoms with E-state index in [-0.39, 0.29) is 0 Å². The van der Waals surface area contributed by atoms with E-state index in [0.29, 0.717) is 0 Å². The van der Waals surface area contributed by atoms with E-state index in [9.17, 15) is 0 Å². The van der Waals surface area contributed by atoms with Crippen LogP contribution in [0.5, 0.6) is 0 Å². The zero-order valence-electron chi connectivity index (χ0n) is 9.36. The third-order valence-electron chi connectivity index (χ3n) is 2.36. The topological polar surface area (TPSA) is 49.8 Å². The molecule has 0 saturated carbocycles. The fraction of sp³-hybridized carbons (Fsp3) is 0.167. The van der Waals surface area contributed by atoms with Gasteiger partial charge in [-0.25, -0.2) is 9.97 Å². The zero-order chi connectivity index (χ0) is 11.4. The van der Waals surface area contributed by atoms with Gasteiger partial charge in [-0.3, -0.25) is 0 Å². The van der Waals surface area contributed by atoms with Gasteiger partial charge in [0, 0.05) is 18.3 Å². The minimum atomic E-state index is 0.825. The Balaban J connectivity index is 2.28. The third-order valence-corrected chi connectivity index (χ3v) is 2.36. The summed E-state index contributed by atoms with van der Waals surface area (Å²) in [6, 6.07) is 9.95. The first-order chi connectivity index (χ1) is 7.81. The molecule has 2 aromatic rings. The van der Waals surface area contributed by atoms with Crippen LogP contribution in [0.1, 0.15) is 5.56 Å². The van der Waals surface area contributed by atoms with Crippen LogP contribution in [-0.4, -0.2) is 17.0 Å². The maximum Gasteiger partial charge on any atom is 0.138 e. The van der Waals surface area contributed by atoms with Crippen molar-refractivity contribution < 1.29 is 0 Å². The summed E-state index contributed by atoms with van der Waals surface area (Å²) >= 11 is 0. The van der Waals surface area contributed by atoms with Gasteiger partial charge in [0.05, 0.1) is 0 Å². The number of benzene rings is 1. The highest BCUT2D eigenvalue weighted by Crippen LogP contribution is 2.21. The van der Waals surface area contributed by atoms with Gasteiger partial charge < -0.3 is 10.6 Å². The Morgan fingerprint density at radius 2 is 1.69 bits per heavy atom. The lowest BCUT2D eigenvalue weighted by Crippen LogP contribution is -2.02. The van der Waals surface area contributed by atoms with Crippen LogP contribution in [0.15, 0.2) is 36.7 Å². The molecule has 0 aliphatic carbocycles. The number of anilines is 3. The number of nitrogens with one attached hydrogen (secondary N) is 2. The maximum atomic E-state index is 4.22. The van der Waals surface area contributed by atoms with Crippen LogP contribution in [0.3, 0.4) is 0 Å². The largest absolute Gasteiger partial charge is 0.373 e. The molecule has 82 valence electrons. The molecule has 1 aromatic carbocycles. The lowest BCUT2D eigenvalue weighted by Gasteiger charge is -2.10. The van der Waals surface area contributed by atoms with Gasteiger partial charge in [-0.15, -0.1) is 0 Å². The van der Waals surface area contributed by atoms with Crippen molar-refractivity contribution in [3.8, 4) is 0 Å². The van der Waals surface area contributed by atoms with E-state index >= 15 is 0 Å². The van der Waals surface area contributed by atoms with E-state index in [4.69, 9.17) is 0 Å². The molecule has 4 heteroatoms. The van der Waals surface area contributed by atoms with E-state index in [1.807, 2.05) is 44.3 Å². The monoisotopic (exact) mass is 214 g/mol. The second-order valence-electron chi connectivity index (χ2n) is 3.44. The van der Waals surface area contributed by atoms with Crippen molar-refractivity contribution in [3.63, 3.8) is 0 Å². The number of hydrogen-bond donors (Lipinski definition) is 2. The van der Waals surface area contributed by atoms with Crippen LogP contribution < -0.4 is 10.6 Å². The summed E-state index contributed by atoms with van der Waals surface area (Å²) in [5, 5.41) is 6.29. The van der Waals surface area contributed by atoms with Crippen LogP contribution in [0.25, 0.3) is 0 Å². The van der Waals surface area contributed by atoms with Gasteiger partial charge in [-0.1, -0.05) is 18.2 Å². The molecule has 16 heavy (non-hydrogen) atoms. The van der Waals surface area contributed by atoms with Crippen molar-refractivity contribution in [1.29, 1.82) is 0 Å². The minimum Gasteiger partial charge on any atom is -0.373 e. The number of rotatable bonds is 3. The van der Waals surface area contributed by atoms with Crippen molar-refractivity contribution in [2.75, 3.05) is 17.7 Å². The molecular weight excluding hydrogens is 200 g/mol. The number of aromatic nitrogens is 2. The Morgan fingerprint density at radius 1 is 1.00 bits per heavy atom. The molecule has 2 N–H and O–H groups in total. The first-order valence-electron chi connectivity index (χ1n) is 5.12. The van der Waals surface area contributed by atoms with Gasteiger partial charge in [0.15, 0.2) is 0 Å². The summed E-state index contributed by atoms with van der Waals surface area (Å²) in [7, 11) is 1.85. The lowest BCUT2D eigenvalue weighted by molar-refractivity contribution is 1.12.